The number of nitrogens with one attached hydrogen (secondary N) is 1. The van der Waals surface area contributed by atoms with Gasteiger partial charge in [0.25, 0.3) is 0 Å². The van der Waals surface area contributed by atoms with Gasteiger partial charge in [0.1, 0.15) is 11.5 Å². The van der Waals surface area contributed by atoms with Gasteiger partial charge in [-0.2, -0.15) is 0 Å². The summed E-state index contributed by atoms with van der Waals surface area (Å²) >= 11 is 1.20. The van der Waals surface area contributed by atoms with Crippen LogP contribution in [0.3, 0.4) is 0 Å². The fourth-order valence-corrected chi connectivity index (χ4v) is 4.89. The van der Waals surface area contributed by atoms with Gasteiger partial charge in [-0.25, -0.2) is 17.8 Å². The molecule has 2 heterocycles. The highest BCUT2D eigenvalue weighted by Gasteiger charge is 2.18. The summed E-state index contributed by atoms with van der Waals surface area (Å²) in [6.45, 7) is 0. The monoisotopic (exact) mass is 460 g/mol. The fourth-order valence-electron chi connectivity index (χ4n) is 2.94. The average molecular weight is 461 g/mol. The topological polar surface area (TPSA) is 98.5 Å². The third-order valence-electron chi connectivity index (χ3n) is 4.50. The normalized spacial score (nSPS) is 11.5. The maximum absolute atomic E-state index is 13.0. The molecule has 0 bridgehead atoms. The molecule has 7 nitrogen and oxygen atoms in total. The van der Waals surface area contributed by atoms with Gasteiger partial charge in [-0.1, -0.05) is 12.1 Å². The van der Waals surface area contributed by atoms with Gasteiger partial charge >= 0.3 is 0 Å². The van der Waals surface area contributed by atoms with Crippen molar-refractivity contribution in [1.29, 1.82) is 0 Å². The molecule has 31 heavy (non-hydrogen) atoms. The highest BCUT2D eigenvalue weighted by atomic mass is 32.2. The summed E-state index contributed by atoms with van der Waals surface area (Å²) in [6, 6.07) is 11.9. The molecule has 2 aromatic heterocycles. The van der Waals surface area contributed by atoms with E-state index in [-0.39, 0.29) is 11.3 Å². The number of benzene rings is 2. The molecular weight excluding hydrogens is 443 g/mol. The van der Waals surface area contributed by atoms with Gasteiger partial charge in [0, 0.05) is 17.2 Å². The van der Waals surface area contributed by atoms with Gasteiger partial charge in [-0.3, -0.25) is 4.79 Å². The number of para-hydroxylation sites is 1. The number of halogens is 1. The predicted octanol–water partition coefficient (Wildman–Crippen LogP) is 4.51. The number of furan rings is 1. The Morgan fingerprint density at radius 3 is 2.74 bits per heavy atom. The molecule has 4 aromatic rings. The van der Waals surface area contributed by atoms with Crippen LogP contribution in [0.25, 0.3) is 22.4 Å². The standard InChI is InChI=1S/C21H17FN2O5S2/c1-28-17-4-2-3-13-11-18(29-20(13)17)16-12-30-21(23-16)24-19(25)9-10-31(26,27)15-7-5-14(22)6-8-15/h2-8,11-12H,9-10H2,1H3,(H,23,24,25). The van der Waals surface area contributed by atoms with Crippen LogP contribution in [0.4, 0.5) is 9.52 Å². The molecule has 0 atom stereocenters. The Balaban J connectivity index is 1.42. The molecule has 4 rings (SSSR count). The molecule has 0 fully saturated rings. The number of amides is 1. The van der Waals surface area contributed by atoms with Crippen molar-refractivity contribution in [2.45, 2.75) is 11.3 Å². The zero-order valence-electron chi connectivity index (χ0n) is 16.3. The van der Waals surface area contributed by atoms with Gasteiger partial charge in [0.2, 0.25) is 5.91 Å². The number of methoxy groups -OCH3 is 1. The van der Waals surface area contributed by atoms with Crippen LogP contribution >= 0.6 is 11.3 Å². The average Bonchev–Trinajstić information content (AvgIpc) is 3.39. The minimum Gasteiger partial charge on any atom is -0.493 e. The molecule has 0 aliphatic rings. The quantitative estimate of drug-likeness (QED) is 0.408. The second-order valence-electron chi connectivity index (χ2n) is 6.60. The van der Waals surface area contributed by atoms with E-state index in [9.17, 15) is 17.6 Å². The number of fused-ring (bicyclic) bond motifs is 1. The summed E-state index contributed by atoms with van der Waals surface area (Å²) in [5.41, 5.74) is 1.14. The zero-order valence-corrected chi connectivity index (χ0v) is 17.9. The Kier molecular flexibility index (Phi) is 5.75. The number of carbonyl (C=O) groups is 1. The van der Waals surface area contributed by atoms with Gasteiger partial charge in [0.15, 0.2) is 32.1 Å². The van der Waals surface area contributed by atoms with Crippen molar-refractivity contribution in [2.24, 2.45) is 0 Å². The lowest BCUT2D eigenvalue weighted by molar-refractivity contribution is -0.115. The molecule has 10 heteroatoms. The van der Waals surface area contributed by atoms with E-state index in [2.05, 4.69) is 10.3 Å². The first-order chi connectivity index (χ1) is 14.9. The summed E-state index contributed by atoms with van der Waals surface area (Å²) < 4.78 is 48.7. The van der Waals surface area contributed by atoms with E-state index in [1.54, 1.807) is 18.6 Å². The number of carbonyl (C=O) groups excluding carboxylic acids is 1. The van der Waals surface area contributed by atoms with Crippen molar-refractivity contribution < 1.29 is 26.8 Å². The second-order valence-corrected chi connectivity index (χ2v) is 9.57. The number of sulfone groups is 1. The molecule has 1 amide bonds. The van der Waals surface area contributed by atoms with Crippen molar-refractivity contribution in [3.05, 3.63) is 59.7 Å². The van der Waals surface area contributed by atoms with Gasteiger partial charge in [-0.05, 0) is 36.4 Å². The number of aromatic nitrogens is 1. The second kappa shape index (κ2) is 8.48. The van der Waals surface area contributed by atoms with Crippen LogP contribution in [0.1, 0.15) is 6.42 Å². The molecule has 0 saturated carbocycles. The number of hydrogen-bond donors (Lipinski definition) is 1. The van der Waals surface area contributed by atoms with E-state index >= 15 is 0 Å². The van der Waals surface area contributed by atoms with Crippen molar-refractivity contribution in [1.82, 2.24) is 4.98 Å². The maximum Gasteiger partial charge on any atom is 0.227 e. The molecule has 2 aromatic carbocycles. The van der Waals surface area contributed by atoms with Gasteiger partial charge in [-0.15, -0.1) is 11.3 Å². The third-order valence-corrected chi connectivity index (χ3v) is 6.99. The van der Waals surface area contributed by atoms with E-state index < -0.39 is 27.3 Å². The Bertz CT molecular complexity index is 1340. The first-order valence-electron chi connectivity index (χ1n) is 9.16. The Hall–Kier alpha value is -3.24. The first kappa shape index (κ1) is 21.0. The maximum atomic E-state index is 13.0. The smallest absolute Gasteiger partial charge is 0.227 e. The Morgan fingerprint density at radius 1 is 1.23 bits per heavy atom. The molecule has 160 valence electrons. The fraction of sp³-hybridized carbons (Fsp3) is 0.143. The van der Waals surface area contributed by atoms with E-state index in [1.807, 2.05) is 18.2 Å². The van der Waals surface area contributed by atoms with Crippen LogP contribution in [0.2, 0.25) is 0 Å². The van der Waals surface area contributed by atoms with Crippen LogP contribution < -0.4 is 10.1 Å². The Morgan fingerprint density at radius 2 is 2.00 bits per heavy atom. The van der Waals surface area contributed by atoms with Crippen LogP contribution in [-0.4, -0.2) is 32.2 Å². The summed E-state index contributed by atoms with van der Waals surface area (Å²) in [5, 5.41) is 5.52. The highest BCUT2D eigenvalue weighted by molar-refractivity contribution is 7.91. The number of nitrogens with zero attached hydrogens (tertiary/aromatic N) is 1. The van der Waals surface area contributed by atoms with E-state index in [0.29, 0.717) is 27.9 Å². The van der Waals surface area contributed by atoms with Crippen molar-refractivity contribution in [3.63, 3.8) is 0 Å². The van der Waals surface area contributed by atoms with Crippen LogP contribution in [0.15, 0.2) is 63.2 Å². The summed E-state index contributed by atoms with van der Waals surface area (Å²) in [4.78, 5) is 16.5. The van der Waals surface area contributed by atoms with Crippen LogP contribution in [0, 0.1) is 5.82 Å². The summed E-state index contributed by atoms with van der Waals surface area (Å²) in [6.07, 6.45) is -0.254. The minimum absolute atomic E-state index is 0.0291. The highest BCUT2D eigenvalue weighted by Crippen LogP contribution is 2.34. The lowest BCUT2D eigenvalue weighted by Gasteiger charge is -2.04. The Labute approximate surface area is 181 Å². The van der Waals surface area contributed by atoms with Gasteiger partial charge < -0.3 is 14.5 Å². The number of ether oxygens (including phenoxy) is 1. The number of hydrogen-bond acceptors (Lipinski definition) is 7. The lowest BCUT2D eigenvalue weighted by atomic mass is 10.2. The first-order valence-corrected chi connectivity index (χ1v) is 11.7. The van der Waals surface area contributed by atoms with Crippen molar-refractivity contribution >= 4 is 43.2 Å². The predicted molar refractivity (Wildman–Crippen MR) is 116 cm³/mol. The molecule has 0 aliphatic carbocycles. The largest absolute Gasteiger partial charge is 0.493 e. The summed E-state index contributed by atoms with van der Waals surface area (Å²) in [5.74, 6) is -0.284. The van der Waals surface area contributed by atoms with Crippen molar-refractivity contribution in [3.8, 4) is 17.2 Å². The van der Waals surface area contributed by atoms with E-state index in [4.69, 9.17) is 9.15 Å². The van der Waals surface area contributed by atoms with E-state index in [1.165, 1.54) is 23.5 Å². The molecule has 0 radical (unpaired) electrons. The molecule has 0 unspecified atom stereocenters. The number of thiazole rings is 1. The molecule has 0 aliphatic heterocycles. The number of anilines is 1. The molecule has 1 N–H and O–H groups in total. The summed E-state index contributed by atoms with van der Waals surface area (Å²) in [7, 11) is -2.14. The molecule has 0 spiro atoms. The van der Waals surface area contributed by atoms with Crippen LogP contribution in [0.5, 0.6) is 5.75 Å². The SMILES string of the molecule is COc1cccc2cc(-c3csc(NC(=O)CCS(=O)(=O)c4ccc(F)cc4)n3)oc12. The van der Waals surface area contributed by atoms with Crippen LogP contribution in [-0.2, 0) is 14.6 Å². The number of rotatable bonds is 7. The third kappa shape index (κ3) is 4.59. The minimum atomic E-state index is -3.69. The van der Waals surface area contributed by atoms with Gasteiger partial charge in [0.05, 0.1) is 17.8 Å². The molecule has 0 saturated heterocycles. The zero-order chi connectivity index (χ0) is 22.0. The lowest BCUT2D eigenvalue weighted by Crippen LogP contribution is -2.17. The van der Waals surface area contributed by atoms with E-state index in [0.717, 1.165) is 17.5 Å². The molecular formula is C21H17FN2O5S2. The van der Waals surface area contributed by atoms with Crippen molar-refractivity contribution in [2.75, 3.05) is 18.2 Å².